The third-order valence-corrected chi connectivity index (χ3v) is 4.53. The maximum absolute atomic E-state index is 13.3. The molecule has 0 bridgehead atoms. The number of nitrogens with zero attached hydrogens (tertiary/aromatic N) is 3. The van der Waals surface area contributed by atoms with Crippen LogP contribution in [0.4, 0.5) is 26.3 Å². The first-order chi connectivity index (χ1) is 12.4. The fourth-order valence-corrected chi connectivity index (χ4v) is 3.28. The number of halogens is 8. The molecule has 0 radical (unpaired) electrons. The molecule has 0 aliphatic carbocycles. The van der Waals surface area contributed by atoms with Gasteiger partial charge in [0.1, 0.15) is 11.3 Å². The normalized spacial score (nSPS) is 12.8. The Hall–Kier alpha value is -1.72. The second-order valence-electron chi connectivity index (χ2n) is 5.15. The maximum atomic E-state index is 13.3. The molecule has 0 fully saturated rings. The van der Waals surface area contributed by atoms with Crippen molar-refractivity contribution in [3.05, 3.63) is 33.4 Å². The summed E-state index contributed by atoms with van der Waals surface area (Å²) in [6.07, 6.45) is -8.02. The van der Waals surface area contributed by atoms with Gasteiger partial charge in [-0.2, -0.15) is 26.3 Å². The predicted molar refractivity (Wildman–Crippen MR) is 88.9 cm³/mol. The van der Waals surface area contributed by atoms with Gasteiger partial charge in [0.05, 0.1) is 21.2 Å². The highest BCUT2D eigenvalue weighted by Gasteiger charge is 2.38. The molecule has 0 saturated carbocycles. The monoisotopic (exact) mass is 446 g/mol. The first-order valence-corrected chi connectivity index (χ1v) is 8.85. The van der Waals surface area contributed by atoms with Crippen LogP contribution in [0.1, 0.15) is 11.3 Å². The summed E-state index contributed by atoms with van der Waals surface area (Å²) in [6, 6.07) is 1.22. The molecule has 27 heavy (non-hydrogen) atoms. The largest absolute Gasteiger partial charge is 0.435 e. The Morgan fingerprint density at radius 2 is 1.52 bits per heavy atom. The summed E-state index contributed by atoms with van der Waals surface area (Å²) >= 11 is 12.7. The van der Waals surface area contributed by atoms with Gasteiger partial charge >= 0.3 is 12.4 Å². The van der Waals surface area contributed by atoms with Gasteiger partial charge < -0.3 is 4.98 Å². The van der Waals surface area contributed by atoms with Gasteiger partial charge in [-0.1, -0.05) is 35.0 Å². The van der Waals surface area contributed by atoms with E-state index < -0.39 is 39.2 Å². The topological polar surface area (TPSA) is 54.5 Å². The standard InChI is InChI=1S/C14H6Cl2F6N4S/c1-27-12-24-9(14(20,21)22)8-11(26-12)25-10(23-8)7-5(15)2-4(3-6(7)16)13(17,18)19/h2-3H,1H3,(H,23,24,25,26). The van der Waals surface area contributed by atoms with Gasteiger partial charge in [0, 0.05) is 0 Å². The summed E-state index contributed by atoms with van der Waals surface area (Å²) in [7, 11) is 0. The van der Waals surface area contributed by atoms with Crippen LogP contribution < -0.4 is 0 Å². The third-order valence-electron chi connectivity index (χ3n) is 3.38. The number of aromatic nitrogens is 4. The molecule has 13 heteroatoms. The minimum Gasteiger partial charge on any atom is -0.322 e. The van der Waals surface area contributed by atoms with E-state index in [-0.39, 0.29) is 22.2 Å². The van der Waals surface area contributed by atoms with Crippen LogP contribution in [0.25, 0.3) is 22.6 Å². The molecule has 0 aliphatic rings. The minimum atomic E-state index is -4.81. The van der Waals surface area contributed by atoms with Gasteiger partial charge in [-0.3, -0.25) is 0 Å². The molecule has 144 valence electrons. The summed E-state index contributed by atoms with van der Waals surface area (Å²) in [4.78, 5) is 13.6. The molecule has 0 spiro atoms. The van der Waals surface area contributed by atoms with Gasteiger partial charge in [-0.05, 0) is 18.4 Å². The molecule has 0 aliphatic heterocycles. The van der Waals surface area contributed by atoms with Gasteiger partial charge in [-0.15, -0.1) is 0 Å². The van der Waals surface area contributed by atoms with E-state index in [0.717, 1.165) is 11.8 Å². The van der Waals surface area contributed by atoms with E-state index in [9.17, 15) is 26.3 Å². The quantitative estimate of drug-likeness (QED) is 0.294. The molecule has 3 rings (SSSR count). The van der Waals surface area contributed by atoms with Crippen molar-refractivity contribution in [2.24, 2.45) is 0 Å². The Morgan fingerprint density at radius 3 is 2.00 bits per heavy atom. The van der Waals surface area contributed by atoms with E-state index in [1.165, 1.54) is 6.26 Å². The Labute approximate surface area is 161 Å². The smallest absolute Gasteiger partial charge is 0.322 e. The lowest BCUT2D eigenvalue weighted by atomic mass is 10.1. The van der Waals surface area contributed by atoms with Crippen LogP contribution in [-0.4, -0.2) is 26.2 Å². The summed E-state index contributed by atoms with van der Waals surface area (Å²) in [6.45, 7) is 0. The molecule has 0 amide bonds. The van der Waals surface area contributed by atoms with Crippen molar-refractivity contribution in [3.63, 3.8) is 0 Å². The Bertz CT molecular complexity index is 1010. The SMILES string of the molecule is CSc1nc(C(F)(F)F)c2nc(-c3c(Cl)cc(C(F)(F)F)cc3Cl)[nH]c2n1. The van der Waals surface area contributed by atoms with Crippen LogP contribution in [0.2, 0.25) is 10.0 Å². The van der Waals surface area contributed by atoms with Crippen LogP contribution in [0, 0.1) is 0 Å². The van der Waals surface area contributed by atoms with Gasteiger partial charge in [0.2, 0.25) is 0 Å². The van der Waals surface area contributed by atoms with Crippen molar-refractivity contribution < 1.29 is 26.3 Å². The number of alkyl halides is 6. The van der Waals surface area contributed by atoms with Crippen LogP contribution >= 0.6 is 35.0 Å². The van der Waals surface area contributed by atoms with Gasteiger partial charge in [-0.25, -0.2) is 15.0 Å². The van der Waals surface area contributed by atoms with Crippen LogP contribution in [0.5, 0.6) is 0 Å². The van der Waals surface area contributed by atoms with E-state index >= 15 is 0 Å². The van der Waals surface area contributed by atoms with E-state index in [4.69, 9.17) is 23.2 Å². The molecule has 1 aromatic carbocycles. The molecule has 2 aromatic heterocycles. The average molecular weight is 447 g/mol. The van der Waals surface area contributed by atoms with Crippen molar-refractivity contribution in [2.75, 3.05) is 6.26 Å². The average Bonchev–Trinajstić information content (AvgIpc) is 2.94. The van der Waals surface area contributed by atoms with E-state index in [0.29, 0.717) is 12.1 Å². The van der Waals surface area contributed by atoms with E-state index in [1.54, 1.807) is 0 Å². The highest BCUT2D eigenvalue weighted by Crippen LogP contribution is 2.41. The number of H-pyrrole nitrogens is 1. The number of imidazole rings is 1. The van der Waals surface area contributed by atoms with Crippen LogP contribution in [0.15, 0.2) is 17.3 Å². The molecule has 3 aromatic rings. The fraction of sp³-hybridized carbons (Fsp3) is 0.214. The number of hydrogen-bond donors (Lipinski definition) is 1. The lowest BCUT2D eigenvalue weighted by Crippen LogP contribution is -2.10. The zero-order valence-corrected chi connectivity index (χ0v) is 15.3. The van der Waals surface area contributed by atoms with Crippen LogP contribution in [-0.2, 0) is 12.4 Å². The van der Waals surface area contributed by atoms with Crippen molar-refractivity contribution in [1.29, 1.82) is 0 Å². The van der Waals surface area contributed by atoms with Crippen molar-refractivity contribution >= 4 is 46.1 Å². The Kier molecular flexibility index (Phi) is 4.98. The second-order valence-corrected chi connectivity index (χ2v) is 6.74. The van der Waals surface area contributed by atoms with E-state index in [1.807, 2.05) is 0 Å². The number of benzene rings is 1. The summed E-state index contributed by atoms with van der Waals surface area (Å²) < 4.78 is 78.3. The summed E-state index contributed by atoms with van der Waals surface area (Å²) in [5.74, 6) is -0.258. The predicted octanol–water partition coefficient (Wildman–Crippen LogP) is 6.09. The Balaban J connectivity index is 2.25. The molecule has 0 saturated heterocycles. The number of hydrogen-bond acceptors (Lipinski definition) is 4. The summed E-state index contributed by atoms with van der Waals surface area (Å²) in [5.41, 5.74) is -3.40. The van der Waals surface area contributed by atoms with Crippen LogP contribution in [0.3, 0.4) is 0 Å². The first-order valence-electron chi connectivity index (χ1n) is 6.87. The number of rotatable bonds is 2. The zero-order chi connectivity index (χ0) is 20.1. The van der Waals surface area contributed by atoms with Gasteiger partial charge in [0.15, 0.2) is 16.5 Å². The number of thioether (sulfide) groups is 1. The molecule has 0 unspecified atom stereocenters. The fourth-order valence-electron chi connectivity index (χ4n) is 2.25. The third kappa shape index (κ3) is 3.81. The number of aromatic amines is 1. The highest BCUT2D eigenvalue weighted by atomic mass is 35.5. The molecule has 0 atom stereocenters. The highest BCUT2D eigenvalue weighted by molar-refractivity contribution is 7.98. The van der Waals surface area contributed by atoms with E-state index in [2.05, 4.69) is 19.9 Å². The molecular weight excluding hydrogens is 441 g/mol. The zero-order valence-electron chi connectivity index (χ0n) is 12.9. The number of nitrogens with one attached hydrogen (secondary N) is 1. The molecule has 2 heterocycles. The van der Waals surface area contributed by atoms with Crippen molar-refractivity contribution in [1.82, 2.24) is 19.9 Å². The molecule has 4 nitrogen and oxygen atoms in total. The summed E-state index contributed by atoms with van der Waals surface area (Å²) in [5, 5.41) is -1.02. The lowest BCUT2D eigenvalue weighted by Gasteiger charge is -2.10. The first kappa shape index (κ1) is 20.0. The molecule has 1 N–H and O–H groups in total. The van der Waals surface area contributed by atoms with Crippen molar-refractivity contribution in [2.45, 2.75) is 17.5 Å². The Morgan fingerprint density at radius 1 is 0.926 bits per heavy atom. The lowest BCUT2D eigenvalue weighted by molar-refractivity contribution is -0.140. The second kappa shape index (κ2) is 6.71. The van der Waals surface area contributed by atoms with Crippen molar-refractivity contribution in [3.8, 4) is 11.4 Å². The maximum Gasteiger partial charge on any atom is 0.435 e. The minimum absolute atomic E-state index is 0.158. The van der Waals surface area contributed by atoms with Gasteiger partial charge in [0.25, 0.3) is 0 Å². The number of fused-ring (bicyclic) bond motifs is 1. The molecular formula is C14H6Cl2F6N4S.